The molecule has 2 N–H and O–H groups in total. The van der Waals surface area contributed by atoms with Crippen LogP contribution in [0.2, 0.25) is 0 Å². The third-order valence-corrected chi connectivity index (χ3v) is 4.96. The zero-order valence-electron chi connectivity index (χ0n) is 11.6. The van der Waals surface area contributed by atoms with E-state index < -0.39 is 9.84 Å². The maximum Gasteiger partial charge on any atom is 0.319 e. The molecule has 0 aliphatic carbocycles. The van der Waals surface area contributed by atoms with Gasteiger partial charge in [0.2, 0.25) is 0 Å². The summed E-state index contributed by atoms with van der Waals surface area (Å²) in [7, 11) is 0.857. The van der Waals surface area contributed by atoms with Gasteiger partial charge in [0, 0.05) is 31.5 Å². The average Bonchev–Trinajstić information content (AvgIpc) is 2.68. The summed E-state index contributed by atoms with van der Waals surface area (Å²) in [5.74, 6) is 0.173. The minimum atomic E-state index is -2.98. The predicted molar refractivity (Wildman–Crippen MR) is 80.0 cm³/mol. The lowest BCUT2D eigenvalue weighted by atomic mass is 10.2. The normalized spacial score (nSPS) is 20.4. The summed E-state index contributed by atoms with van der Waals surface area (Å²) in [6.07, 6.45) is 0.480. The van der Waals surface area contributed by atoms with E-state index in [-0.39, 0.29) is 23.6 Å². The van der Waals surface area contributed by atoms with Gasteiger partial charge >= 0.3 is 6.03 Å². The minimum Gasteiger partial charge on any atom is -0.378 e. The monoisotopic (exact) mass is 297 g/mol. The largest absolute Gasteiger partial charge is 0.378 e. The summed E-state index contributed by atoms with van der Waals surface area (Å²) >= 11 is 0. The Hall–Kier alpha value is -1.76. The highest BCUT2D eigenvalue weighted by Gasteiger charge is 2.28. The molecule has 1 aliphatic rings. The molecule has 2 amide bonds. The zero-order chi connectivity index (χ0) is 14.8. The van der Waals surface area contributed by atoms with Crippen LogP contribution >= 0.6 is 0 Å². The molecule has 0 spiro atoms. The number of carbonyl (C=O) groups excluding carboxylic acids is 1. The van der Waals surface area contributed by atoms with Gasteiger partial charge in [0.15, 0.2) is 9.84 Å². The summed E-state index contributed by atoms with van der Waals surface area (Å²) in [6.45, 7) is 0. The quantitative estimate of drug-likeness (QED) is 0.874. The number of rotatable bonds is 3. The summed E-state index contributed by atoms with van der Waals surface area (Å²) < 4.78 is 22.6. The molecule has 0 unspecified atom stereocenters. The smallest absolute Gasteiger partial charge is 0.319 e. The van der Waals surface area contributed by atoms with Gasteiger partial charge in [-0.15, -0.1) is 0 Å². The number of hydrogen-bond donors (Lipinski definition) is 2. The average molecular weight is 297 g/mol. The first-order valence-electron chi connectivity index (χ1n) is 6.41. The third-order valence-electron chi connectivity index (χ3n) is 3.19. The van der Waals surface area contributed by atoms with Crippen molar-refractivity contribution in [2.45, 2.75) is 12.5 Å². The Balaban J connectivity index is 1.93. The first-order chi connectivity index (χ1) is 9.35. The van der Waals surface area contributed by atoms with Crippen LogP contribution in [0.25, 0.3) is 0 Å². The molecule has 1 aromatic carbocycles. The minimum absolute atomic E-state index is 0.0259. The lowest BCUT2D eigenvalue weighted by Crippen LogP contribution is -2.38. The first kappa shape index (κ1) is 14.6. The van der Waals surface area contributed by atoms with E-state index >= 15 is 0 Å². The third kappa shape index (κ3) is 3.86. The van der Waals surface area contributed by atoms with Crippen LogP contribution in [-0.4, -0.2) is 46.1 Å². The number of benzene rings is 1. The molecule has 0 radical (unpaired) electrons. The number of hydrogen-bond acceptors (Lipinski definition) is 4. The van der Waals surface area contributed by atoms with Crippen molar-refractivity contribution in [2.24, 2.45) is 0 Å². The van der Waals surface area contributed by atoms with E-state index in [1.807, 2.05) is 37.2 Å². The maximum absolute atomic E-state index is 11.8. The van der Waals surface area contributed by atoms with Crippen molar-refractivity contribution in [1.82, 2.24) is 5.32 Å². The van der Waals surface area contributed by atoms with E-state index in [1.54, 1.807) is 6.07 Å². The Morgan fingerprint density at radius 3 is 2.70 bits per heavy atom. The molecule has 0 saturated carbocycles. The van der Waals surface area contributed by atoms with Crippen molar-refractivity contribution in [3.63, 3.8) is 0 Å². The second-order valence-corrected chi connectivity index (χ2v) is 7.37. The first-order valence-corrected chi connectivity index (χ1v) is 8.23. The van der Waals surface area contributed by atoms with Gasteiger partial charge in [-0.25, -0.2) is 13.2 Å². The van der Waals surface area contributed by atoms with E-state index in [4.69, 9.17) is 0 Å². The van der Waals surface area contributed by atoms with Gasteiger partial charge in [-0.2, -0.15) is 0 Å². The Labute approximate surface area is 119 Å². The number of sulfone groups is 1. The summed E-state index contributed by atoms with van der Waals surface area (Å²) in [4.78, 5) is 13.8. The predicted octanol–water partition coefficient (Wildman–Crippen LogP) is 1.06. The molecule has 1 aromatic rings. The van der Waals surface area contributed by atoms with Crippen LogP contribution in [0.1, 0.15) is 6.42 Å². The molecule has 1 saturated heterocycles. The summed E-state index contributed by atoms with van der Waals surface area (Å²) in [5.41, 5.74) is 1.65. The lowest BCUT2D eigenvalue weighted by molar-refractivity contribution is 0.249. The Morgan fingerprint density at radius 1 is 1.35 bits per heavy atom. The van der Waals surface area contributed by atoms with Gasteiger partial charge in [-0.1, -0.05) is 6.07 Å². The van der Waals surface area contributed by atoms with E-state index in [0.717, 1.165) is 5.69 Å². The molecule has 20 heavy (non-hydrogen) atoms. The maximum atomic E-state index is 11.8. The number of urea groups is 1. The molecule has 1 atom stereocenters. The fourth-order valence-electron chi connectivity index (χ4n) is 2.12. The second-order valence-electron chi connectivity index (χ2n) is 5.14. The lowest BCUT2D eigenvalue weighted by Gasteiger charge is -2.15. The highest BCUT2D eigenvalue weighted by Crippen LogP contribution is 2.17. The van der Waals surface area contributed by atoms with Gasteiger partial charge < -0.3 is 15.5 Å². The van der Waals surface area contributed by atoms with Crippen molar-refractivity contribution in [1.29, 1.82) is 0 Å². The molecule has 7 heteroatoms. The standard InChI is InChI=1S/C13H19N3O3S/c1-16(2)12-5-3-4-10(8-12)14-13(17)15-11-6-7-20(18,19)9-11/h3-5,8,11H,6-7,9H2,1-2H3,(H2,14,15,17)/t11-/m1/s1. The van der Waals surface area contributed by atoms with Gasteiger partial charge in [-0.3, -0.25) is 0 Å². The van der Waals surface area contributed by atoms with Crippen molar-refractivity contribution >= 4 is 27.2 Å². The second kappa shape index (κ2) is 5.70. The fourth-order valence-corrected chi connectivity index (χ4v) is 3.80. The van der Waals surface area contributed by atoms with Crippen LogP contribution in [0.3, 0.4) is 0 Å². The van der Waals surface area contributed by atoms with Crippen LogP contribution in [0.15, 0.2) is 24.3 Å². The van der Waals surface area contributed by atoms with Gasteiger partial charge in [0.05, 0.1) is 11.5 Å². The van der Waals surface area contributed by atoms with Crippen molar-refractivity contribution in [2.75, 3.05) is 35.8 Å². The Morgan fingerprint density at radius 2 is 2.10 bits per heavy atom. The zero-order valence-corrected chi connectivity index (χ0v) is 12.4. The molecule has 1 fully saturated rings. The van der Waals surface area contributed by atoms with Crippen molar-refractivity contribution in [3.8, 4) is 0 Å². The van der Waals surface area contributed by atoms with Gasteiger partial charge in [0.1, 0.15) is 0 Å². The Bertz CT molecular complexity index is 599. The molecular weight excluding hydrogens is 278 g/mol. The molecular formula is C13H19N3O3S. The highest BCUT2D eigenvalue weighted by atomic mass is 32.2. The van der Waals surface area contributed by atoms with E-state index in [0.29, 0.717) is 12.1 Å². The Kier molecular flexibility index (Phi) is 4.17. The van der Waals surface area contributed by atoms with Crippen LogP contribution in [-0.2, 0) is 9.84 Å². The molecule has 110 valence electrons. The number of carbonyl (C=O) groups is 1. The SMILES string of the molecule is CN(C)c1cccc(NC(=O)N[C@@H]2CCS(=O)(=O)C2)c1. The van der Waals surface area contributed by atoms with E-state index in [1.165, 1.54) is 0 Å². The van der Waals surface area contributed by atoms with Crippen LogP contribution in [0.4, 0.5) is 16.2 Å². The highest BCUT2D eigenvalue weighted by molar-refractivity contribution is 7.91. The van der Waals surface area contributed by atoms with E-state index in [9.17, 15) is 13.2 Å². The van der Waals surface area contributed by atoms with Crippen molar-refractivity contribution < 1.29 is 13.2 Å². The number of anilines is 2. The van der Waals surface area contributed by atoms with Crippen LogP contribution in [0.5, 0.6) is 0 Å². The number of nitrogens with one attached hydrogen (secondary N) is 2. The molecule has 1 heterocycles. The summed E-state index contributed by atoms with van der Waals surface area (Å²) in [6, 6.07) is 6.76. The summed E-state index contributed by atoms with van der Waals surface area (Å²) in [5, 5.41) is 5.41. The van der Waals surface area contributed by atoms with E-state index in [2.05, 4.69) is 10.6 Å². The van der Waals surface area contributed by atoms with Gasteiger partial charge in [0.25, 0.3) is 0 Å². The molecule has 2 rings (SSSR count). The van der Waals surface area contributed by atoms with Gasteiger partial charge in [-0.05, 0) is 24.6 Å². The molecule has 1 aliphatic heterocycles. The number of amides is 2. The topological polar surface area (TPSA) is 78.5 Å². The van der Waals surface area contributed by atoms with Crippen molar-refractivity contribution in [3.05, 3.63) is 24.3 Å². The molecule has 0 bridgehead atoms. The number of nitrogens with zero attached hydrogens (tertiary/aromatic N) is 1. The molecule has 0 aromatic heterocycles. The van der Waals surface area contributed by atoms with Crippen LogP contribution < -0.4 is 15.5 Å². The molecule has 6 nitrogen and oxygen atoms in total. The van der Waals surface area contributed by atoms with Crippen LogP contribution in [0, 0.1) is 0 Å². The fraction of sp³-hybridized carbons (Fsp3) is 0.462.